The fourth-order valence-corrected chi connectivity index (χ4v) is 2.89. The van der Waals surface area contributed by atoms with Crippen LogP contribution in [0, 0.1) is 29.3 Å². The average Bonchev–Trinajstić information content (AvgIpc) is 2.61. The number of piperidine rings is 1. The van der Waals surface area contributed by atoms with Gasteiger partial charge in [-0.2, -0.15) is 0 Å². The van der Waals surface area contributed by atoms with E-state index in [2.05, 4.69) is 16.0 Å². The van der Waals surface area contributed by atoms with Crippen LogP contribution in [-0.2, 0) is 9.59 Å². The summed E-state index contributed by atoms with van der Waals surface area (Å²) in [5.41, 5.74) is -0.472. The first kappa shape index (κ1) is 19.2. The van der Waals surface area contributed by atoms with Gasteiger partial charge in [0.25, 0.3) is 0 Å². The molecule has 2 rings (SSSR count). The van der Waals surface area contributed by atoms with Crippen molar-refractivity contribution in [3.05, 3.63) is 29.6 Å². The zero-order valence-electron chi connectivity index (χ0n) is 14.0. The summed E-state index contributed by atoms with van der Waals surface area (Å²) in [7, 11) is 0. The van der Waals surface area contributed by atoms with Gasteiger partial charge in [-0.05, 0) is 49.9 Å². The van der Waals surface area contributed by atoms with E-state index in [-0.39, 0.29) is 18.4 Å². The molecule has 0 aromatic heterocycles. The van der Waals surface area contributed by atoms with Crippen molar-refractivity contribution in [1.82, 2.24) is 10.6 Å². The van der Waals surface area contributed by atoms with Gasteiger partial charge >= 0.3 is 0 Å². The molecule has 2 amide bonds. The van der Waals surface area contributed by atoms with Crippen LogP contribution in [0.3, 0.4) is 0 Å². The fraction of sp³-hybridized carbons (Fsp3) is 0.529. The average molecular weight is 357 g/mol. The van der Waals surface area contributed by atoms with Crippen molar-refractivity contribution in [3.8, 4) is 0 Å². The summed E-state index contributed by atoms with van der Waals surface area (Å²) in [5.74, 6) is -4.86. The van der Waals surface area contributed by atoms with E-state index >= 15 is 0 Å². The number of carbonyl (C=O) groups excluding carboxylic acids is 2. The summed E-state index contributed by atoms with van der Waals surface area (Å²) in [6, 6.07) is 1.64. The summed E-state index contributed by atoms with van der Waals surface area (Å²) in [4.78, 5) is 23.7. The van der Waals surface area contributed by atoms with Crippen LogP contribution in [0.4, 0.5) is 18.9 Å². The second kappa shape index (κ2) is 8.84. The van der Waals surface area contributed by atoms with Gasteiger partial charge in [-0.15, -0.1) is 0 Å². The molecular weight excluding hydrogens is 335 g/mol. The van der Waals surface area contributed by atoms with Crippen LogP contribution in [0.5, 0.6) is 0 Å². The highest BCUT2D eigenvalue weighted by molar-refractivity contribution is 5.94. The second-order valence-corrected chi connectivity index (χ2v) is 6.34. The summed E-state index contributed by atoms with van der Waals surface area (Å²) in [6.07, 6.45) is 2.44. The Morgan fingerprint density at radius 1 is 1.24 bits per heavy atom. The van der Waals surface area contributed by atoms with E-state index < -0.39 is 29.0 Å². The maximum absolute atomic E-state index is 13.5. The number of rotatable bonds is 6. The molecule has 0 aliphatic carbocycles. The lowest BCUT2D eigenvalue weighted by molar-refractivity contribution is -0.125. The van der Waals surface area contributed by atoms with Crippen LogP contribution in [0.25, 0.3) is 0 Å². The van der Waals surface area contributed by atoms with Crippen LogP contribution in [0.15, 0.2) is 12.1 Å². The highest BCUT2D eigenvalue weighted by atomic mass is 19.2. The predicted octanol–water partition coefficient (Wildman–Crippen LogP) is 2.18. The Hall–Kier alpha value is -2.09. The zero-order chi connectivity index (χ0) is 18.4. The molecule has 1 fully saturated rings. The van der Waals surface area contributed by atoms with Crippen LogP contribution >= 0.6 is 0 Å². The Morgan fingerprint density at radius 2 is 2.00 bits per heavy atom. The highest BCUT2D eigenvalue weighted by Gasteiger charge is 2.22. The maximum atomic E-state index is 13.5. The van der Waals surface area contributed by atoms with Crippen molar-refractivity contribution in [1.29, 1.82) is 0 Å². The van der Waals surface area contributed by atoms with Crippen LogP contribution < -0.4 is 16.0 Å². The quantitative estimate of drug-likeness (QED) is 0.684. The van der Waals surface area contributed by atoms with Gasteiger partial charge in [-0.1, -0.05) is 6.92 Å². The number of carbonyl (C=O) groups is 2. The SMILES string of the molecule is CC(CC(=O)NCC(=O)Nc1ccc(F)c(F)c1F)C1CCCNC1. The molecule has 0 spiro atoms. The maximum Gasteiger partial charge on any atom is 0.243 e. The summed E-state index contributed by atoms with van der Waals surface area (Å²) < 4.78 is 39.4. The molecule has 0 saturated carbocycles. The lowest BCUT2D eigenvalue weighted by Gasteiger charge is -2.27. The summed E-state index contributed by atoms with van der Waals surface area (Å²) >= 11 is 0. The normalized spacial score (nSPS) is 18.5. The van der Waals surface area contributed by atoms with Crippen molar-refractivity contribution in [3.63, 3.8) is 0 Å². The van der Waals surface area contributed by atoms with Crippen molar-refractivity contribution < 1.29 is 22.8 Å². The van der Waals surface area contributed by atoms with Crippen molar-refractivity contribution >= 4 is 17.5 Å². The van der Waals surface area contributed by atoms with Crippen LogP contribution in [0.1, 0.15) is 26.2 Å². The zero-order valence-corrected chi connectivity index (χ0v) is 14.0. The number of benzene rings is 1. The van der Waals surface area contributed by atoms with Crippen molar-refractivity contribution in [2.24, 2.45) is 11.8 Å². The first-order chi connectivity index (χ1) is 11.9. The number of anilines is 1. The molecule has 2 atom stereocenters. The summed E-state index contributed by atoms with van der Waals surface area (Å²) in [6.45, 7) is 3.50. The van der Waals surface area contributed by atoms with Crippen LogP contribution in [0.2, 0.25) is 0 Å². The molecular formula is C17H22F3N3O2. The van der Waals surface area contributed by atoms with Crippen molar-refractivity contribution in [2.75, 3.05) is 25.0 Å². The molecule has 1 aromatic carbocycles. The third-order valence-corrected chi connectivity index (χ3v) is 4.40. The van der Waals surface area contributed by atoms with Gasteiger partial charge in [0.2, 0.25) is 11.8 Å². The minimum Gasteiger partial charge on any atom is -0.347 e. The van der Waals surface area contributed by atoms with Gasteiger partial charge in [0, 0.05) is 6.42 Å². The molecule has 3 N–H and O–H groups in total. The van der Waals surface area contributed by atoms with Crippen molar-refractivity contribution in [2.45, 2.75) is 26.2 Å². The monoisotopic (exact) mass is 357 g/mol. The van der Waals surface area contributed by atoms with E-state index in [1.807, 2.05) is 6.92 Å². The number of hydrogen-bond donors (Lipinski definition) is 3. The molecule has 1 saturated heterocycles. The fourth-order valence-electron chi connectivity index (χ4n) is 2.89. The first-order valence-electron chi connectivity index (χ1n) is 8.29. The van der Waals surface area contributed by atoms with Gasteiger partial charge in [-0.3, -0.25) is 9.59 Å². The molecule has 5 nitrogen and oxygen atoms in total. The molecule has 8 heteroatoms. The van der Waals surface area contributed by atoms with E-state index in [1.165, 1.54) is 0 Å². The molecule has 1 aliphatic rings. The largest absolute Gasteiger partial charge is 0.347 e. The predicted molar refractivity (Wildman–Crippen MR) is 87.3 cm³/mol. The third-order valence-electron chi connectivity index (χ3n) is 4.40. The van der Waals surface area contributed by atoms with Crippen LogP contribution in [-0.4, -0.2) is 31.4 Å². The van der Waals surface area contributed by atoms with Gasteiger partial charge < -0.3 is 16.0 Å². The lowest BCUT2D eigenvalue weighted by atomic mass is 9.85. The summed E-state index contributed by atoms with van der Waals surface area (Å²) in [5, 5.41) is 7.85. The molecule has 1 aromatic rings. The van der Waals surface area contributed by atoms with Gasteiger partial charge in [0.15, 0.2) is 17.5 Å². The Morgan fingerprint density at radius 3 is 2.68 bits per heavy atom. The topological polar surface area (TPSA) is 70.2 Å². The molecule has 0 bridgehead atoms. The van der Waals surface area contributed by atoms with E-state index in [0.717, 1.165) is 32.0 Å². The standard InChI is InChI=1S/C17H22F3N3O2/c1-10(11-3-2-6-21-8-11)7-14(24)22-9-15(25)23-13-5-4-12(18)16(19)17(13)20/h4-5,10-11,21H,2-3,6-9H2,1H3,(H,22,24)(H,23,25). The van der Waals surface area contributed by atoms with E-state index in [4.69, 9.17) is 0 Å². The van der Waals surface area contributed by atoms with E-state index in [0.29, 0.717) is 18.4 Å². The van der Waals surface area contributed by atoms with E-state index in [9.17, 15) is 22.8 Å². The minimum atomic E-state index is -1.66. The Labute approximate surface area is 144 Å². The molecule has 25 heavy (non-hydrogen) atoms. The molecule has 138 valence electrons. The lowest BCUT2D eigenvalue weighted by Crippen LogP contribution is -2.37. The first-order valence-corrected chi connectivity index (χ1v) is 8.29. The Kier molecular flexibility index (Phi) is 6.81. The van der Waals surface area contributed by atoms with Gasteiger partial charge in [-0.25, -0.2) is 13.2 Å². The third kappa shape index (κ3) is 5.45. The smallest absolute Gasteiger partial charge is 0.243 e. The van der Waals surface area contributed by atoms with Gasteiger partial charge in [0.05, 0.1) is 12.2 Å². The Balaban J connectivity index is 1.77. The molecule has 1 aliphatic heterocycles. The number of amides is 2. The highest BCUT2D eigenvalue weighted by Crippen LogP contribution is 2.22. The number of nitrogens with one attached hydrogen (secondary N) is 3. The Bertz CT molecular complexity index is 634. The number of halogens is 3. The minimum absolute atomic E-state index is 0.180. The molecule has 2 unspecified atom stereocenters. The van der Waals surface area contributed by atoms with E-state index in [1.54, 1.807) is 0 Å². The number of hydrogen-bond acceptors (Lipinski definition) is 3. The second-order valence-electron chi connectivity index (χ2n) is 6.34. The molecule has 1 heterocycles. The van der Waals surface area contributed by atoms with Gasteiger partial charge in [0.1, 0.15) is 0 Å². The molecule has 0 radical (unpaired) electrons.